The molecule has 0 aliphatic carbocycles. The van der Waals surface area contributed by atoms with Crippen molar-refractivity contribution in [2.24, 2.45) is 0 Å². The highest BCUT2D eigenvalue weighted by atomic mass is 19.4. The van der Waals surface area contributed by atoms with E-state index in [1.54, 1.807) is 0 Å². The van der Waals surface area contributed by atoms with E-state index < -0.39 is 42.7 Å². The van der Waals surface area contributed by atoms with Crippen molar-refractivity contribution in [2.45, 2.75) is 43.9 Å². The summed E-state index contributed by atoms with van der Waals surface area (Å²) in [6.07, 6.45) is -8.06. The molecule has 1 saturated heterocycles. The first kappa shape index (κ1) is 17.1. The largest absolute Gasteiger partial charge is 0.490 e. The van der Waals surface area contributed by atoms with Crippen LogP contribution in [-0.4, -0.2) is 60.9 Å². The van der Waals surface area contributed by atoms with E-state index in [1.807, 2.05) is 0 Å². The van der Waals surface area contributed by atoms with Gasteiger partial charge in [-0.3, -0.25) is 0 Å². The van der Waals surface area contributed by atoms with E-state index in [9.17, 15) is 27.5 Å². The van der Waals surface area contributed by atoms with Crippen molar-refractivity contribution in [3.05, 3.63) is 0 Å². The summed E-state index contributed by atoms with van der Waals surface area (Å²) in [6.45, 7) is 1.72. The van der Waals surface area contributed by atoms with Crippen LogP contribution in [0.25, 0.3) is 0 Å². The Hall–Kier alpha value is -0.930. The number of carbonyl (C=O) groups is 1. The lowest BCUT2D eigenvalue weighted by Gasteiger charge is -2.43. The zero-order chi connectivity index (χ0) is 15.6. The smallest absolute Gasteiger partial charge is 0.450 e. The summed E-state index contributed by atoms with van der Waals surface area (Å²) in [5, 5.41) is 12.3. The summed E-state index contributed by atoms with van der Waals surface area (Å²) in [4.78, 5) is 10.9. The van der Waals surface area contributed by atoms with Crippen molar-refractivity contribution in [3.8, 4) is 0 Å². The first-order valence-electron chi connectivity index (χ1n) is 5.99. The molecule has 118 valence electrons. The molecule has 0 amide bonds. The van der Waals surface area contributed by atoms with Gasteiger partial charge in [0.1, 0.15) is 12.3 Å². The van der Waals surface area contributed by atoms with Gasteiger partial charge >= 0.3 is 12.1 Å². The minimum absolute atomic E-state index is 0.0533. The number of rotatable bonds is 4. The molecular formula is C11H17F4NO4. The molecule has 0 saturated carbocycles. The summed E-state index contributed by atoms with van der Waals surface area (Å²) in [5.74, 6) is -2.40. The number of esters is 1. The van der Waals surface area contributed by atoms with E-state index in [2.05, 4.69) is 10.1 Å². The van der Waals surface area contributed by atoms with Gasteiger partial charge in [-0.05, 0) is 13.8 Å². The van der Waals surface area contributed by atoms with Gasteiger partial charge < -0.3 is 19.9 Å². The molecule has 1 fully saturated rings. The van der Waals surface area contributed by atoms with Crippen LogP contribution in [0, 0.1) is 0 Å². The molecule has 1 heterocycles. The molecule has 5 nitrogen and oxygen atoms in total. The molecule has 0 aromatic carbocycles. The Kier molecular flexibility index (Phi) is 5.33. The molecule has 1 aliphatic heterocycles. The Labute approximate surface area is 113 Å². The van der Waals surface area contributed by atoms with Crippen LogP contribution in [0.4, 0.5) is 17.6 Å². The topological polar surface area (TPSA) is 67.8 Å². The second-order valence-corrected chi connectivity index (χ2v) is 4.92. The van der Waals surface area contributed by atoms with Gasteiger partial charge in [0.25, 0.3) is 0 Å². The van der Waals surface area contributed by atoms with Crippen molar-refractivity contribution in [3.63, 3.8) is 0 Å². The van der Waals surface area contributed by atoms with E-state index in [0.717, 1.165) is 0 Å². The predicted octanol–water partition coefficient (Wildman–Crippen LogP) is 0.558. The minimum Gasteiger partial charge on any atom is -0.450 e. The van der Waals surface area contributed by atoms with Gasteiger partial charge in [0.15, 0.2) is 6.10 Å². The summed E-state index contributed by atoms with van der Waals surface area (Å²) in [7, 11) is 0. The molecule has 2 N–H and O–H groups in total. The van der Waals surface area contributed by atoms with Crippen LogP contribution in [-0.2, 0) is 14.3 Å². The molecule has 4 atom stereocenters. The molecule has 9 heteroatoms. The van der Waals surface area contributed by atoms with Crippen molar-refractivity contribution in [1.29, 1.82) is 0 Å². The zero-order valence-corrected chi connectivity index (χ0v) is 11.0. The van der Waals surface area contributed by atoms with Gasteiger partial charge in [0.05, 0.1) is 18.8 Å². The molecule has 0 radical (unpaired) electrons. The van der Waals surface area contributed by atoms with Gasteiger partial charge in [0, 0.05) is 6.54 Å². The third kappa shape index (κ3) is 4.03. The summed E-state index contributed by atoms with van der Waals surface area (Å²) < 4.78 is 58.7. The number of hydrogen-bond acceptors (Lipinski definition) is 5. The van der Waals surface area contributed by atoms with Crippen LogP contribution in [0.1, 0.15) is 13.8 Å². The Morgan fingerprint density at radius 2 is 2.20 bits per heavy atom. The van der Waals surface area contributed by atoms with Crippen molar-refractivity contribution in [2.75, 3.05) is 19.8 Å². The predicted molar refractivity (Wildman–Crippen MR) is 59.7 cm³/mol. The van der Waals surface area contributed by atoms with Crippen LogP contribution < -0.4 is 5.32 Å². The number of halogens is 4. The molecule has 20 heavy (non-hydrogen) atoms. The van der Waals surface area contributed by atoms with Crippen LogP contribution in [0.3, 0.4) is 0 Å². The molecule has 1 aliphatic rings. The fourth-order valence-electron chi connectivity index (χ4n) is 1.95. The van der Waals surface area contributed by atoms with Gasteiger partial charge in [-0.1, -0.05) is 0 Å². The molecule has 0 bridgehead atoms. The highest BCUT2D eigenvalue weighted by Gasteiger charge is 2.49. The van der Waals surface area contributed by atoms with Gasteiger partial charge in [-0.25, -0.2) is 9.18 Å². The van der Waals surface area contributed by atoms with Crippen LogP contribution in [0.2, 0.25) is 0 Å². The number of aliphatic hydroxyl groups is 1. The number of ether oxygens (including phenoxy) is 2. The van der Waals surface area contributed by atoms with E-state index in [4.69, 9.17) is 4.74 Å². The monoisotopic (exact) mass is 303 g/mol. The van der Waals surface area contributed by atoms with Gasteiger partial charge in [-0.2, -0.15) is 13.2 Å². The van der Waals surface area contributed by atoms with Crippen molar-refractivity contribution >= 4 is 5.97 Å². The van der Waals surface area contributed by atoms with Crippen LogP contribution in [0.5, 0.6) is 0 Å². The van der Waals surface area contributed by atoms with Crippen LogP contribution >= 0.6 is 0 Å². The van der Waals surface area contributed by atoms with Crippen molar-refractivity contribution < 1.29 is 36.9 Å². The Balaban J connectivity index is 2.78. The van der Waals surface area contributed by atoms with Gasteiger partial charge in [0.2, 0.25) is 0 Å². The average molecular weight is 303 g/mol. The molecule has 0 aromatic heterocycles. The number of carbonyl (C=O) groups excluding carboxylic acids is 1. The third-order valence-electron chi connectivity index (χ3n) is 3.05. The fraction of sp³-hybridized carbons (Fsp3) is 0.909. The second kappa shape index (κ2) is 6.23. The number of hydrogen-bond donors (Lipinski definition) is 2. The first-order valence-corrected chi connectivity index (χ1v) is 5.99. The maximum atomic E-state index is 12.4. The molecule has 4 unspecified atom stereocenters. The third-order valence-corrected chi connectivity index (χ3v) is 3.05. The maximum Gasteiger partial charge on any atom is 0.490 e. The lowest BCUT2D eigenvalue weighted by molar-refractivity contribution is -0.230. The Bertz CT molecular complexity index is 340. The molecule has 1 rings (SSSR count). The normalized spacial score (nSPS) is 30.6. The van der Waals surface area contributed by atoms with E-state index >= 15 is 0 Å². The SMILES string of the molecule is CC(O)C(OC(=O)C(F)(F)F)C1(C)CNC(CF)CO1. The minimum atomic E-state index is -5.16. The van der Waals surface area contributed by atoms with E-state index in [0.29, 0.717) is 0 Å². The summed E-state index contributed by atoms with van der Waals surface area (Å²) in [6, 6.07) is -0.573. The lowest BCUT2D eigenvalue weighted by atomic mass is 9.92. The number of alkyl halides is 4. The van der Waals surface area contributed by atoms with E-state index in [1.165, 1.54) is 13.8 Å². The van der Waals surface area contributed by atoms with Crippen LogP contribution in [0.15, 0.2) is 0 Å². The zero-order valence-electron chi connectivity index (χ0n) is 11.0. The van der Waals surface area contributed by atoms with E-state index in [-0.39, 0.29) is 13.2 Å². The summed E-state index contributed by atoms with van der Waals surface area (Å²) >= 11 is 0. The number of aliphatic hydroxyl groups excluding tert-OH is 1. The molecule has 0 aromatic rings. The number of nitrogens with one attached hydrogen (secondary N) is 1. The molecular weight excluding hydrogens is 286 g/mol. The second-order valence-electron chi connectivity index (χ2n) is 4.92. The maximum absolute atomic E-state index is 12.4. The summed E-state index contributed by atoms with van der Waals surface area (Å²) in [5.41, 5.74) is -1.37. The highest BCUT2D eigenvalue weighted by molar-refractivity contribution is 5.75. The Morgan fingerprint density at radius 3 is 2.55 bits per heavy atom. The van der Waals surface area contributed by atoms with Crippen molar-refractivity contribution in [1.82, 2.24) is 5.32 Å². The standard InChI is InChI=1S/C11H17F4NO4/c1-6(17)8(20-9(18)11(13,14)15)10(2)5-16-7(3-12)4-19-10/h6-8,16-17H,3-5H2,1-2H3. The first-order chi connectivity index (χ1) is 9.10. The van der Waals surface area contributed by atoms with Gasteiger partial charge in [-0.15, -0.1) is 0 Å². The highest BCUT2D eigenvalue weighted by Crippen LogP contribution is 2.27. The quantitative estimate of drug-likeness (QED) is 0.587. The average Bonchev–Trinajstić information content (AvgIpc) is 2.34. The molecule has 0 spiro atoms. The number of morpholine rings is 1. The lowest BCUT2D eigenvalue weighted by Crippen LogP contribution is -2.62. The Morgan fingerprint density at radius 1 is 1.60 bits per heavy atom. The fourth-order valence-corrected chi connectivity index (χ4v) is 1.95.